The molecule has 2 rings (SSSR count). The molecular formula is C15H26N4O. The summed E-state index contributed by atoms with van der Waals surface area (Å²) in [6.07, 6.45) is 6.17. The van der Waals surface area contributed by atoms with E-state index in [4.69, 9.17) is 10.5 Å². The highest BCUT2D eigenvalue weighted by atomic mass is 16.5. The van der Waals surface area contributed by atoms with Gasteiger partial charge in [0, 0.05) is 6.54 Å². The van der Waals surface area contributed by atoms with E-state index in [1.165, 1.54) is 12.8 Å². The minimum atomic E-state index is -0.0326. The van der Waals surface area contributed by atoms with Crippen LogP contribution in [0.4, 0.5) is 5.82 Å². The lowest BCUT2D eigenvalue weighted by Crippen LogP contribution is -2.48. The van der Waals surface area contributed by atoms with Gasteiger partial charge in [0.1, 0.15) is 12.1 Å². The van der Waals surface area contributed by atoms with Gasteiger partial charge in [0.25, 0.3) is 0 Å². The quantitative estimate of drug-likeness (QED) is 0.865. The van der Waals surface area contributed by atoms with Gasteiger partial charge in [0.05, 0.1) is 17.7 Å². The number of hydrogen-bond acceptors (Lipinski definition) is 5. The zero-order valence-corrected chi connectivity index (χ0v) is 12.8. The predicted molar refractivity (Wildman–Crippen MR) is 81.0 cm³/mol. The van der Waals surface area contributed by atoms with Crippen LogP contribution in [-0.2, 0) is 0 Å². The van der Waals surface area contributed by atoms with E-state index in [-0.39, 0.29) is 5.54 Å². The number of nitrogens with one attached hydrogen (secondary N) is 1. The van der Waals surface area contributed by atoms with Gasteiger partial charge in [-0.05, 0) is 45.4 Å². The van der Waals surface area contributed by atoms with Crippen molar-refractivity contribution in [3.05, 3.63) is 11.9 Å². The minimum Gasteiger partial charge on any atom is -0.478 e. The van der Waals surface area contributed by atoms with E-state index in [2.05, 4.69) is 22.2 Å². The molecule has 0 atom stereocenters. The number of ether oxygens (including phenoxy) is 1. The Bertz CT molecular complexity index is 441. The molecule has 1 aliphatic carbocycles. The van der Waals surface area contributed by atoms with E-state index in [1.807, 2.05) is 13.8 Å². The van der Waals surface area contributed by atoms with Crippen LogP contribution in [0.1, 0.15) is 45.1 Å². The molecule has 1 aromatic rings. The van der Waals surface area contributed by atoms with E-state index in [0.29, 0.717) is 19.0 Å². The molecule has 0 bridgehead atoms. The average Bonchev–Trinajstić information content (AvgIpc) is 2.46. The fourth-order valence-corrected chi connectivity index (χ4v) is 2.79. The zero-order chi connectivity index (χ0) is 14.6. The predicted octanol–water partition coefficient (Wildman–Crippen LogP) is 2.50. The van der Waals surface area contributed by atoms with Crippen molar-refractivity contribution >= 4 is 5.82 Å². The molecule has 20 heavy (non-hydrogen) atoms. The van der Waals surface area contributed by atoms with Crippen LogP contribution in [0, 0.1) is 12.8 Å². The Kier molecular flexibility index (Phi) is 4.81. The minimum absolute atomic E-state index is 0.0326. The summed E-state index contributed by atoms with van der Waals surface area (Å²) in [6.45, 7) is 7.50. The summed E-state index contributed by atoms with van der Waals surface area (Å²) in [6, 6.07) is 0. The van der Waals surface area contributed by atoms with Crippen LogP contribution < -0.4 is 15.8 Å². The van der Waals surface area contributed by atoms with Crippen LogP contribution in [0.5, 0.6) is 5.88 Å². The first-order valence-electron chi connectivity index (χ1n) is 7.53. The van der Waals surface area contributed by atoms with E-state index >= 15 is 0 Å². The summed E-state index contributed by atoms with van der Waals surface area (Å²) < 4.78 is 5.53. The Labute approximate surface area is 121 Å². The Morgan fingerprint density at radius 1 is 1.40 bits per heavy atom. The van der Waals surface area contributed by atoms with Crippen LogP contribution in [0.15, 0.2) is 6.33 Å². The van der Waals surface area contributed by atoms with Crippen molar-refractivity contribution in [1.29, 1.82) is 0 Å². The Morgan fingerprint density at radius 2 is 2.10 bits per heavy atom. The molecule has 0 amide bonds. The van der Waals surface area contributed by atoms with Crippen molar-refractivity contribution in [3.8, 4) is 5.88 Å². The Balaban J connectivity index is 2.17. The number of nitrogens with zero attached hydrogens (tertiary/aromatic N) is 2. The summed E-state index contributed by atoms with van der Waals surface area (Å²) in [7, 11) is 0. The van der Waals surface area contributed by atoms with Crippen molar-refractivity contribution in [2.75, 3.05) is 18.5 Å². The molecule has 1 aliphatic rings. The molecule has 5 heteroatoms. The SMILES string of the molecule is CCOc1ncnc(NC2(CN)CCC(C)CC2)c1C. The first-order chi connectivity index (χ1) is 9.60. The van der Waals surface area contributed by atoms with Crippen molar-refractivity contribution < 1.29 is 4.74 Å². The van der Waals surface area contributed by atoms with E-state index in [0.717, 1.165) is 30.1 Å². The number of rotatable bonds is 5. The molecule has 0 saturated heterocycles. The second-order valence-corrected chi connectivity index (χ2v) is 5.88. The van der Waals surface area contributed by atoms with E-state index < -0.39 is 0 Å². The molecule has 0 aromatic carbocycles. The average molecular weight is 278 g/mol. The Morgan fingerprint density at radius 3 is 2.70 bits per heavy atom. The highest BCUT2D eigenvalue weighted by Crippen LogP contribution is 2.35. The molecular weight excluding hydrogens is 252 g/mol. The van der Waals surface area contributed by atoms with Crippen LogP contribution in [0.3, 0.4) is 0 Å². The Hall–Kier alpha value is -1.36. The van der Waals surface area contributed by atoms with E-state index in [1.54, 1.807) is 6.33 Å². The number of aromatic nitrogens is 2. The van der Waals surface area contributed by atoms with E-state index in [9.17, 15) is 0 Å². The lowest BCUT2D eigenvalue weighted by atomic mass is 9.77. The third-order valence-corrected chi connectivity index (χ3v) is 4.32. The maximum atomic E-state index is 6.04. The molecule has 0 radical (unpaired) electrons. The fraction of sp³-hybridized carbons (Fsp3) is 0.733. The van der Waals surface area contributed by atoms with Gasteiger partial charge in [-0.15, -0.1) is 0 Å². The van der Waals surface area contributed by atoms with Gasteiger partial charge in [-0.1, -0.05) is 6.92 Å². The smallest absolute Gasteiger partial charge is 0.221 e. The maximum Gasteiger partial charge on any atom is 0.221 e. The topological polar surface area (TPSA) is 73.1 Å². The maximum absolute atomic E-state index is 6.04. The number of anilines is 1. The molecule has 1 fully saturated rings. The van der Waals surface area contributed by atoms with Crippen molar-refractivity contribution in [1.82, 2.24) is 9.97 Å². The highest BCUT2D eigenvalue weighted by molar-refractivity contribution is 5.49. The highest BCUT2D eigenvalue weighted by Gasteiger charge is 2.33. The summed E-state index contributed by atoms with van der Waals surface area (Å²) >= 11 is 0. The third kappa shape index (κ3) is 3.20. The second kappa shape index (κ2) is 6.39. The van der Waals surface area contributed by atoms with Gasteiger partial charge in [0.2, 0.25) is 5.88 Å². The van der Waals surface area contributed by atoms with Crippen molar-refractivity contribution in [3.63, 3.8) is 0 Å². The van der Waals surface area contributed by atoms with Gasteiger partial charge in [-0.3, -0.25) is 0 Å². The van der Waals surface area contributed by atoms with Gasteiger partial charge < -0.3 is 15.8 Å². The third-order valence-electron chi connectivity index (χ3n) is 4.32. The summed E-state index contributed by atoms with van der Waals surface area (Å²) in [5.41, 5.74) is 6.97. The summed E-state index contributed by atoms with van der Waals surface area (Å²) in [5.74, 6) is 2.30. The molecule has 1 heterocycles. The van der Waals surface area contributed by atoms with Crippen LogP contribution in [0.2, 0.25) is 0 Å². The molecule has 5 nitrogen and oxygen atoms in total. The monoisotopic (exact) mass is 278 g/mol. The normalized spacial score (nSPS) is 26.3. The lowest BCUT2D eigenvalue weighted by molar-refractivity contribution is 0.270. The number of nitrogens with two attached hydrogens (primary N) is 1. The fourth-order valence-electron chi connectivity index (χ4n) is 2.79. The molecule has 3 N–H and O–H groups in total. The van der Waals surface area contributed by atoms with Gasteiger partial charge in [-0.25, -0.2) is 9.97 Å². The molecule has 1 saturated carbocycles. The molecule has 112 valence electrons. The number of hydrogen-bond donors (Lipinski definition) is 2. The van der Waals surface area contributed by atoms with Gasteiger partial charge in [0.15, 0.2) is 0 Å². The van der Waals surface area contributed by atoms with Crippen LogP contribution in [0.25, 0.3) is 0 Å². The van der Waals surface area contributed by atoms with Crippen molar-refractivity contribution in [2.45, 2.75) is 52.0 Å². The van der Waals surface area contributed by atoms with Crippen LogP contribution in [-0.4, -0.2) is 28.7 Å². The first-order valence-corrected chi connectivity index (χ1v) is 7.53. The largest absolute Gasteiger partial charge is 0.478 e. The zero-order valence-electron chi connectivity index (χ0n) is 12.8. The summed E-state index contributed by atoms with van der Waals surface area (Å²) in [4.78, 5) is 8.55. The second-order valence-electron chi connectivity index (χ2n) is 5.88. The molecule has 0 unspecified atom stereocenters. The van der Waals surface area contributed by atoms with Crippen molar-refractivity contribution in [2.24, 2.45) is 11.7 Å². The molecule has 1 aromatic heterocycles. The summed E-state index contributed by atoms with van der Waals surface area (Å²) in [5, 5.41) is 3.58. The van der Waals surface area contributed by atoms with Crippen LogP contribution >= 0.6 is 0 Å². The molecule has 0 spiro atoms. The van der Waals surface area contributed by atoms with Gasteiger partial charge in [-0.2, -0.15) is 0 Å². The standard InChI is InChI=1S/C15H26N4O/c1-4-20-14-12(3)13(17-10-18-14)19-15(9-16)7-5-11(2)6-8-15/h10-11H,4-9,16H2,1-3H3,(H,17,18,19). The first kappa shape index (κ1) is 15.0. The molecule has 0 aliphatic heterocycles. The van der Waals surface area contributed by atoms with Gasteiger partial charge >= 0.3 is 0 Å². The lowest BCUT2D eigenvalue weighted by Gasteiger charge is -2.40.